The van der Waals surface area contributed by atoms with Crippen LogP contribution in [0, 0.1) is 3.70 Å². The van der Waals surface area contributed by atoms with Gasteiger partial charge in [-0.3, -0.25) is 9.19 Å². The van der Waals surface area contributed by atoms with Gasteiger partial charge in [0, 0.05) is 19.0 Å². The molecule has 0 aliphatic heterocycles. The topological polar surface area (TPSA) is 73.6 Å². The minimum Gasteiger partial charge on any atom is -0.309 e. The maximum Gasteiger partial charge on any atom is 0.417 e. The molecule has 11 heteroatoms. The van der Waals surface area contributed by atoms with Crippen LogP contribution >= 0.6 is 22.6 Å². The van der Waals surface area contributed by atoms with Crippen molar-refractivity contribution < 1.29 is 17.4 Å². The van der Waals surface area contributed by atoms with Gasteiger partial charge >= 0.3 is 6.18 Å². The maximum atomic E-state index is 13.0. The maximum absolute atomic E-state index is 13.0. The normalized spacial score (nSPS) is 13.4. The zero-order chi connectivity index (χ0) is 18.4. The fraction of sp³-hybridized carbons (Fsp3) is 0.286. The third kappa shape index (κ3) is 3.38. The van der Waals surface area contributed by atoms with Crippen LogP contribution in [0.2, 0.25) is 0 Å². The molecular weight excluding hydrogens is 470 g/mol. The van der Waals surface area contributed by atoms with Gasteiger partial charge in [-0.1, -0.05) is 6.92 Å². The third-order valence-corrected chi connectivity index (χ3v) is 5.30. The molecule has 3 heterocycles. The Bertz CT molecular complexity index is 988. The average Bonchev–Trinajstić information content (AvgIpc) is 2.88. The predicted octanol–water partition coefficient (Wildman–Crippen LogP) is 3.18. The molecule has 3 aromatic heterocycles. The van der Waals surface area contributed by atoms with E-state index in [1.807, 2.05) is 22.6 Å². The van der Waals surface area contributed by atoms with Crippen LogP contribution in [0.4, 0.5) is 13.2 Å². The lowest BCUT2D eigenvalue weighted by molar-refractivity contribution is -0.138. The summed E-state index contributed by atoms with van der Waals surface area (Å²) in [5.41, 5.74) is -0.00669. The monoisotopic (exact) mass is 481 g/mol. The minimum absolute atomic E-state index is 0.00886. The highest BCUT2D eigenvalue weighted by molar-refractivity contribution is 14.1. The molecule has 0 fully saturated rings. The number of alkyl halides is 3. The first-order chi connectivity index (χ1) is 11.7. The minimum atomic E-state index is -4.57. The highest BCUT2D eigenvalue weighted by Gasteiger charge is 2.33. The summed E-state index contributed by atoms with van der Waals surface area (Å²) in [4.78, 5) is 16.7. The highest BCUT2D eigenvalue weighted by Crippen LogP contribution is 2.33. The molecular formula is C14H11F3IN5OS. The van der Waals surface area contributed by atoms with E-state index in [0.29, 0.717) is 15.0 Å². The van der Waals surface area contributed by atoms with E-state index >= 15 is 0 Å². The van der Waals surface area contributed by atoms with Gasteiger partial charge in [-0.05, 0) is 28.7 Å². The van der Waals surface area contributed by atoms with E-state index in [1.54, 1.807) is 24.7 Å². The molecule has 1 unspecified atom stereocenters. The number of imidazole rings is 1. The molecule has 3 aromatic rings. The van der Waals surface area contributed by atoms with Crippen LogP contribution in [0.25, 0.3) is 22.8 Å². The van der Waals surface area contributed by atoms with E-state index in [4.69, 9.17) is 0 Å². The van der Waals surface area contributed by atoms with E-state index in [0.717, 1.165) is 12.3 Å². The smallest absolute Gasteiger partial charge is 0.309 e. The zero-order valence-corrected chi connectivity index (χ0v) is 16.0. The number of halogens is 4. The molecule has 0 N–H and O–H groups in total. The third-order valence-electron chi connectivity index (χ3n) is 3.45. The average molecular weight is 481 g/mol. The van der Waals surface area contributed by atoms with Crippen molar-refractivity contribution in [1.29, 1.82) is 0 Å². The van der Waals surface area contributed by atoms with Crippen LogP contribution in [0.5, 0.6) is 0 Å². The van der Waals surface area contributed by atoms with Crippen molar-refractivity contribution in [3.63, 3.8) is 0 Å². The van der Waals surface area contributed by atoms with Gasteiger partial charge < -0.3 is 4.57 Å². The summed E-state index contributed by atoms with van der Waals surface area (Å²) in [6.07, 6.45) is -2.29. The number of rotatable bonds is 3. The van der Waals surface area contributed by atoms with E-state index in [9.17, 15) is 17.4 Å². The number of fused-ring (bicyclic) bond motifs is 1. The second-order valence-electron chi connectivity index (χ2n) is 5.04. The Morgan fingerprint density at radius 2 is 1.96 bits per heavy atom. The first-order valence-electron chi connectivity index (χ1n) is 7.03. The quantitative estimate of drug-likeness (QED) is 0.538. The second kappa shape index (κ2) is 6.59. The number of nitrogens with zero attached hydrogens (tertiary/aromatic N) is 5. The van der Waals surface area contributed by atoms with Gasteiger partial charge in [-0.2, -0.15) is 13.2 Å². The van der Waals surface area contributed by atoms with Crippen molar-refractivity contribution in [2.45, 2.75) is 18.0 Å². The van der Waals surface area contributed by atoms with Gasteiger partial charge in [0.05, 0.1) is 27.5 Å². The van der Waals surface area contributed by atoms with Crippen molar-refractivity contribution in [2.75, 3.05) is 5.75 Å². The standard InChI is InChI=1S/C14H11F3IN5OS/c1-3-25(24)8-4-7(14(15,16)17)5-19-10(8)12-22-11-13(23(12)2)20-6-9(18)21-11/h4-6H,3H2,1-2H3. The predicted molar refractivity (Wildman–Crippen MR) is 94.2 cm³/mol. The molecule has 0 aliphatic rings. The summed E-state index contributed by atoms with van der Waals surface area (Å²) in [5, 5.41) is 0. The number of aromatic nitrogens is 5. The molecule has 0 aromatic carbocycles. The van der Waals surface area contributed by atoms with Crippen molar-refractivity contribution in [1.82, 2.24) is 24.5 Å². The van der Waals surface area contributed by atoms with Crippen LogP contribution in [0.15, 0.2) is 23.4 Å². The fourth-order valence-corrected chi connectivity index (χ4v) is 3.54. The van der Waals surface area contributed by atoms with Crippen LogP contribution < -0.4 is 0 Å². The van der Waals surface area contributed by atoms with E-state index in [2.05, 4.69) is 19.9 Å². The summed E-state index contributed by atoms with van der Waals surface area (Å²) in [7, 11) is 0.0170. The Balaban J connectivity index is 2.26. The second-order valence-corrected chi connectivity index (χ2v) is 7.85. The lowest BCUT2D eigenvalue weighted by Gasteiger charge is -2.11. The van der Waals surface area contributed by atoms with Gasteiger partial charge in [0.25, 0.3) is 0 Å². The van der Waals surface area contributed by atoms with Crippen molar-refractivity contribution in [3.8, 4) is 11.5 Å². The Hall–Kier alpha value is -1.63. The molecule has 6 nitrogen and oxygen atoms in total. The number of aryl methyl sites for hydroxylation is 1. The van der Waals surface area contributed by atoms with Gasteiger partial charge in [0.15, 0.2) is 17.1 Å². The van der Waals surface area contributed by atoms with Crippen molar-refractivity contribution in [3.05, 3.63) is 27.7 Å². The van der Waals surface area contributed by atoms with Crippen molar-refractivity contribution in [2.24, 2.45) is 7.05 Å². The summed E-state index contributed by atoms with van der Waals surface area (Å²) in [6.45, 7) is 1.63. The SMILES string of the molecule is CCS(=O)c1cc(C(F)(F)F)cnc1-c1nc2nc(I)cnc2n1C. The molecule has 25 heavy (non-hydrogen) atoms. The molecule has 0 saturated heterocycles. The summed E-state index contributed by atoms with van der Waals surface area (Å²) >= 11 is 1.99. The lowest BCUT2D eigenvalue weighted by Crippen LogP contribution is -2.10. The van der Waals surface area contributed by atoms with Gasteiger partial charge in [-0.25, -0.2) is 15.0 Å². The molecule has 3 rings (SSSR count). The van der Waals surface area contributed by atoms with Crippen LogP contribution in [-0.2, 0) is 24.0 Å². The number of pyridine rings is 1. The van der Waals surface area contributed by atoms with E-state index in [-0.39, 0.29) is 22.2 Å². The molecule has 0 radical (unpaired) electrons. The first-order valence-corrected chi connectivity index (χ1v) is 9.43. The molecule has 132 valence electrons. The van der Waals surface area contributed by atoms with E-state index < -0.39 is 22.5 Å². The van der Waals surface area contributed by atoms with Crippen LogP contribution in [0.3, 0.4) is 0 Å². The number of hydrogen-bond donors (Lipinski definition) is 0. The summed E-state index contributed by atoms with van der Waals surface area (Å²) in [6, 6.07) is 0.867. The summed E-state index contributed by atoms with van der Waals surface area (Å²) < 4.78 is 53.4. The first kappa shape index (κ1) is 18.2. The largest absolute Gasteiger partial charge is 0.417 e. The molecule has 0 amide bonds. The molecule has 0 spiro atoms. The highest BCUT2D eigenvalue weighted by atomic mass is 127. The number of hydrogen-bond acceptors (Lipinski definition) is 5. The van der Waals surface area contributed by atoms with Gasteiger partial charge in [0.2, 0.25) is 0 Å². The summed E-state index contributed by atoms with van der Waals surface area (Å²) in [5.74, 6) is 0.427. The molecule has 0 bridgehead atoms. The van der Waals surface area contributed by atoms with E-state index in [1.165, 1.54) is 0 Å². The lowest BCUT2D eigenvalue weighted by atomic mass is 10.2. The molecule has 0 aliphatic carbocycles. The Morgan fingerprint density at radius 1 is 1.24 bits per heavy atom. The van der Waals surface area contributed by atoms with Crippen LogP contribution in [0.1, 0.15) is 12.5 Å². The van der Waals surface area contributed by atoms with Crippen LogP contribution in [-0.4, -0.2) is 34.5 Å². The molecule has 1 atom stereocenters. The zero-order valence-electron chi connectivity index (χ0n) is 13.0. The van der Waals surface area contributed by atoms with Gasteiger partial charge in [0.1, 0.15) is 9.39 Å². The van der Waals surface area contributed by atoms with Crippen molar-refractivity contribution >= 4 is 44.7 Å². The van der Waals surface area contributed by atoms with Gasteiger partial charge in [-0.15, -0.1) is 0 Å². The Kier molecular flexibility index (Phi) is 4.79. The Labute approximate surface area is 156 Å². The fourth-order valence-electron chi connectivity index (χ4n) is 2.25. The molecule has 0 saturated carbocycles. The Morgan fingerprint density at radius 3 is 2.60 bits per heavy atom.